The average Bonchev–Trinajstić information content (AvgIpc) is 2.34. The highest BCUT2D eigenvalue weighted by Crippen LogP contribution is 2.25. The van der Waals surface area contributed by atoms with Crippen molar-refractivity contribution in [2.45, 2.75) is 13.8 Å². The third kappa shape index (κ3) is 2.96. The van der Waals surface area contributed by atoms with E-state index in [1.807, 2.05) is 26.0 Å². The van der Waals surface area contributed by atoms with Crippen LogP contribution in [0.15, 0.2) is 17.2 Å². The number of nitrogens with one attached hydrogen (secondary N) is 1. The largest absolute Gasteiger partial charge is 0.496 e. The molecule has 0 aromatic heterocycles. The molecule has 1 aromatic carbocycles. The van der Waals surface area contributed by atoms with Gasteiger partial charge in [-0.15, -0.1) is 0 Å². The number of hydrogen-bond donors (Lipinski definition) is 1. The fourth-order valence-electron chi connectivity index (χ4n) is 1.32. The highest BCUT2D eigenvalue weighted by molar-refractivity contribution is 6.10. The molecule has 0 aliphatic carbocycles. The third-order valence-electron chi connectivity index (χ3n) is 2.24. The number of methoxy groups -OCH3 is 1. The first-order valence-electron chi connectivity index (χ1n) is 4.91. The molecule has 17 heavy (non-hydrogen) atoms. The summed E-state index contributed by atoms with van der Waals surface area (Å²) in [5, 5.41) is 20.8. The summed E-state index contributed by atoms with van der Waals surface area (Å²) < 4.78 is 5.18. The van der Waals surface area contributed by atoms with Crippen LogP contribution in [0.25, 0.3) is 0 Å². The number of ether oxygens (including phenoxy) is 1. The molecule has 1 N–H and O–H groups in total. The minimum Gasteiger partial charge on any atom is -0.496 e. The Bertz CT molecular complexity index is 519. The van der Waals surface area contributed by atoms with Crippen molar-refractivity contribution in [2.24, 2.45) is 5.10 Å². The average molecular weight is 228 g/mol. The van der Waals surface area contributed by atoms with Crippen molar-refractivity contribution in [1.82, 2.24) is 0 Å². The number of hydrazone groups is 1. The van der Waals surface area contributed by atoms with Crippen LogP contribution in [-0.4, -0.2) is 12.8 Å². The van der Waals surface area contributed by atoms with Gasteiger partial charge in [-0.2, -0.15) is 15.6 Å². The number of anilines is 1. The molecule has 1 aromatic rings. The normalized spacial score (nSPS) is 8.76. The first-order chi connectivity index (χ1) is 8.12. The van der Waals surface area contributed by atoms with Gasteiger partial charge in [-0.25, -0.2) is 0 Å². The fourth-order valence-corrected chi connectivity index (χ4v) is 1.32. The number of hydrogen-bond acceptors (Lipinski definition) is 5. The monoisotopic (exact) mass is 228 g/mol. The molecule has 0 fully saturated rings. The van der Waals surface area contributed by atoms with Gasteiger partial charge in [-0.05, 0) is 37.1 Å². The molecule has 0 aliphatic heterocycles. The molecule has 0 amide bonds. The van der Waals surface area contributed by atoms with Crippen molar-refractivity contribution in [3.05, 3.63) is 23.3 Å². The molecule has 0 heterocycles. The quantitative estimate of drug-likeness (QED) is 0.634. The van der Waals surface area contributed by atoms with Crippen LogP contribution >= 0.6 is 0 Å². The smallest absolute Gasteiger partial charge is 0.237 e. The van der Waals surface area contributed by atoms with E-state index in [-0.39, 0.29) is 5.71 Å². The van der Waals surface area contributed by atoms with Crippen LogP contribution in [0.5, 0.6) is 5.75 Å². The van der Waals surface area contributed by atoms with Crippen LogP contribution in [0.2, 0.25) is 0 Å². The molecule has 0 atom stereocenters. The standard InChI is InChI=1S/C12H12N4O/c1-8-5-12(17-3)9(2)4-11(8)16-15-10(6-13)7-14/h4-5,16H,1-3H3. The Hall–Kier alpha value is -2.53. The van der Waals surface area contributed by atoms with Crippen molar-refractivity contribution >= 4 is 11.4 Å². The molecule has 0 bridgehead atoms. The topological polar surface area (TPSA) is 81.2 Å². The van der Waals surface area contributed by atoms with Gasteiger partial charge in [0.05, 0.1) is 12.8 Å². The van der Waals surface area contributed by atoms with Gasteiger partial charge in [-0.1, -0.05) is 0 Å². The van der Waals surface area contributed by atoms with Crippen LogP contribution in [-0.2, 0) is 0 Å². The molecule has 5 heteroatoms. The van der Waals surface area contributed by atoms with E-state index in [0.29, 0.717) is 0 Å². The predicted molar refractivity (Wildman–Crippen MR) is 64.8 cm³/mol. The summed E-state index contributed by atoms with van der Waals surface area (Å²) >= 11 is 0. The van der Waals surface area contributed by atoms with Crippen molar-refractivity contribution in [1.29, 1.82) is 10.5 Å². The summed E-state index contributed by atoms with van der Waals surface area (Å²) in [5.74, 6) is 0.790. The molecular formula is C12H12N4O. The summed E-state index contributed by atoms with van der Waals surface area (Å²) in [6.07, 6.45) is 0. The zero-order valence-electron chi connectivity index (χ0n) is 9.90. The maximum Gasteiger partial charge on any atom is 0.237 e. The molecule has 0 radical (unpaired) electrons. The molecule has 5 nitrogen and oxygen atoms in total. The van der Waals surface area contributed by atoms with Crippen molar-refractivity contribution in [3.63, 3.8) is 0 Å². The lowest BCUT2D eigenvalue weighted by atomic mass is 10.1. The number of nitriles is 2. The molecule has 0 spiro atoms. The zero-order valence-corrected chi connectivity index (χ0v) is 9.90. The number of rotatable bonds is 3. The van der Waals surface area contributed by atoms with Crippen molar-refractivity contribution in [3.8, 4) is 17.9 Å². The lowest BCUT2D eigenvalue weighted by Gasteiger charge is -2.10. The zero-order chi connectivity index (χ0) is 12.8. The van der Waals surface area contributed by atoms with Crippen molar-refractivity contribution in [2.75, 3.05) is 12.5 Å². The Morgan fingerprint density at radius 2 is 1.88 bits per heavy atom. The van der Waals surface area contributed by atoms with Crippen LogP contribution in [0.3, 0.4) is 0 Å². The summed E-state index contributed by atoms with van der Waals surface area (Å²) in [6.45, 7) is 3.79. The van der Waals surface area contributed by atoms with Crippen molar-refractivity contribution < 1.29 is 4.74 Å². The van der Waals surface area contributed by atoms with Gasteiger partial charge in [0.1, 0.15) is 17.9 Å². The Balaban J connectivity index is 3.02. The van der Waals surface area contributed by atoms with E-state index < -0.39 is 0 Å². The molecule has 86 valence electrons. The van der Waals surface area contributed by atoms with Gasteiger partial charge in [0, 0.05) is 0 Å². The van der Waals surface area contributed by atoms with Gasteiger partial charge in [-0.3, -0.25) is 5.43 Å². The Morgan fingerprint density at radius 1 is 1.24 bits per heavy atom. The van der Waals surface area contributed by atoms with Gasteiger partial charge < -0.3 is 4.74 Å². The maximum atomic E-state index is 8.55. The highest BCUT2D eigenvalue weighted by atomic mass is 16.5. The van der Waals surface area contributed by atoms with Crippen LogP contribution < -0.4 is 10.2 Å². The van der Waals surface area contributed by atoms with Gasteiger partial charge in [0.2, 0.25) is 5.71 Å². The minimum absolute atomic E-state index is 0.210. The van der Waals surface area contributed by atoms with E-state index in [9.17, 15) is 0 Å². The molecule has 0 saturated heterocycles. The Labute approximate surface area is 99.9 Å². The summed E-state index contributed by atoms with van der Waals surface area (Å²) in [7, 11) is 1.61. The predicted octanol–water partition coefficient (Wildman–Crippen LogP) is 2.13. The van der Waals surface area contributed by atoms with Crippen LogP contribution in [0, 0.1) is 36.5 Å². The molecule has 0 unspecified atom stereocenters. The van der Waals surface area contributed by atoms with E-state index in [2.05, 4.69) is 10.5 Å². The molecular weight excluding hydrogens is 216 g/mol. The number of nitrogens with zero attached hydrogens (tertiary/aromatic N) is 3. The second-order valence-corrected chi connectivity index (χ2v) is 3.43. The van der Waals surface area contributed by atoms with E-state index in [4.69, 9.17) is 15.3 Å². The van der Waals surface area contributed by atoms with E-state index in [1.54, 1.807) is 19.2 Å². The van der Waals surface area contributed by atoms with Gasteiger partial charge in [0.25, 0.3) is 0 Å². The molecule has 0 saturated carbocycles. The van der Waals surface area contributed by atoms with E-state index in [0.717, 1.165) is 22.6 Å². The second kappa shape index (κ2) is 5.53. The van der Waals surface area contributed by atoms with Gasteiger partial charge >= 0.3 is 0 Å². The SMILES string of the molecule is COc1cc(C)c(NN=C(C#N)C#N)cc1C. The first kappa shape index (κ1) is 12.5. The summed E-state index contributed by atoms with van der Waals surface area (Å²) in [4.78, 5) is 0. The minimum atomic E-state index is -0.210. The van der Waals surface area contributed by atoms with E-state index in [1.165, 1.54) is 0 Å². The summed E-state index contributed by atoms with van der Waals surface area (Å²) in [5.41, 5.74) is 5.10. The van der Waals surface area contributed by atoms with Gasteiger partial charge in [0.15, 0.2) is 0 Å². The molecule has 1 rings (SSSR count). The van der Waals surface area contributed by atoms with E-state index >= 15 is 0 Å². The first-order valence-corrected chi connectivity index (χ1v) is 4.91. The third-order valence-corrected chi connectivity index (χ3v) is 2.24. The summed E-state index contributed by atoms with van der Waals surface area (Å²) in [6, 6.07) is 7.08. The maximum absolute atomic E-state index is 8.55. The van der Waals surface area contributed by atoms with Crippen LogP contribution in [0.1, 0.15) is 11.1 Å². The Kier molecular flexibility index (Phi) is 4.08. The lowest BCUT2D eigenvalue weighted by molar-refractivity contribution is 0.411. The molecule has 0 aliphatic rings. The van der Waals surface area contributed by atoms with Crippen LogP contribution in [0.4, 0.5) is 5.69 Å². The number of aryl methyl sites for hydroxylation is 2. The fraction of sp³-hybridized carbons (Fsp3) is 0.250. The second-order valence-electron chi connectivity index (χ2n) is 3.43. The Morgan fingerprint density at radius 3 is 2.41 bits per heavy atom. The lowest BCUT2D eigenvalue weighted by Crippen LogP contribution is -1.99. The number of benzene rings is 1. The highest BCUT2D eigenvalue weighted by Gasteiger charge is 2.04.